The molecule has 2 rings (SSSR count). The summed E-state index contributed by atoms with van der Waals surface area (Å²) in [6, 6.07) is 7.23. The lowest BCUT2D eigenvalue weighted by atomic mass is 9.94. The van der Waals surface area contributed by atoms with E-state index in [0.29, 0.717) is 6.04 Å². The van der Waals surface area contributed by atoms with E-state index in [1.807, 2.05) is 0 Å². The lowest BCUT2D eigenvalue weighted by molar-refractivity contribution is 0.147. The van der Waals surface area contributed by atoms with Gasteiger partial charge in [0.1, 0.15) is 11.5 Å². The van der Waals surface area contributed by atoms with Gasteiger partial charge in [-0.25, -0.2) is 0 Å². The third kappa shape index (κ3) is 2.86. The number of nitrogens with two attached hydrogens (primary N) is 1. The van der Waals surface area contributed by atoms with Gasteiger partial charge in [-0.15, -0.1) is 0 Å². The summed E-state index contributed by atoms with van der Waals surface area (Å²) in [4.78, 5) is 0. The van der Waals surface area contributed by atoms with Crippen molar-refractivity contribution in [1.82, 2.24) is 0 Å². The molecule has 0 amide bonds. The molecule has 0 heterocycles. The van der Waals surface area contributed by atoms with Crippen LogP contribution < -0.4 is 10.5 Å². The lowest BCUT2D eigenvalue weighted by Gasteiger charge is -2.26. The van der Waals surface area contributed by atoms with Crippen molar-refractivity contribution in [1.29, 1.82) is 0 Å². The summed E-state index contributed by atoms with van der Waals surface area (Å²) < 4.78 is 5.79. The Labute approximate surface area is 89.9 Å². The van der Waals surface area contributed by atoms with Gasteiger partial charge in [-0.3, -0.25) is 0 Å². The van der Waals surface area contributed by atoms with Gasteiger partial charge >= 0.3 is 0 Å². The van der Waals surface area contributed by atoms with Crippen LogP contribution in [0.5, 0.6) is 11.5 Å². The molecule has 0 aromatic heterocycles. The quantitative estimate of drug-likeness (QED) is 0.780. The number of rotatable bonds is 2. The van der Waals surface area contributed by atoms with Crippen LogP contribution in [0.4, 0.5) is 0 Å². The SMILES string of the molecule is NC1CCC(Oc2ccc(O)cc2)CC1. The second-order valence-corrected chi connectivity index (χ2v) is 4.15. The maximum Gasteiger partial charge on any atom is 0.119 e. The Hall–Kier alpha value is -1.22. The van der Waals surface area contributed by atoms with E-state index in [1.54, 1.807) is 24.3 Å². The van der Waals surface area contributed by atoms with E-state index >= 15 is 0 Å². The second-order valence-electron chi connectivity index (χ2n) is 4.15. The van der Waals surface area contributed by atoms with Gasteiger partial charge < -0.3 is 15.6 Å². The van der Waals surface area contributed by atoms with Crippen molar-refractivity contribution in [3.8, 4) is 11.5 Å². The molecule has 0 saturated heterocycles. The summed E-state index contributed by atoms with van der Waals surface area (Å²) in [6.45, 7) is 0. The smallest absolute Gasteiger partial charge is 0.119 e. The minimum Gasteiger partial charge on any atom is -0.508 e. The predicted molar refractivity (Wildman–Crippen MR) is 59.0 cm³/mol. The summed E-state index contributed by atoms with van der Waals surface area (Å²) in [5.74, 6) is 1.10. The van der Waals surface area contributed by atoms with Crippen LogP contribution in [0, 0.1) is 0 Å². The summed E-state index contributed by atoms with van der Waals surface area (Å²) in [5.41, 5.74) is 5.82. The molecule has 1 fully saturated rings. The summed E-state index contributed by atoms with van der Waals surface area (Å²) >= 11 is 0. The standard InChI is InChI=1S/C12H17NO2/c13-9-1-5-11(6-2-9)15-12-7-3-10(14)4-8-12/h3-4,7-9,11,14H,1-2,5-6,13H2. The van der Waals surface area contributed by atoms with E-state index in [1.165, 1.54) is 0 Å². The number of benzene rings is 1. The molecule has 0 unspecified atom stereocenters. The van der Waals surface area contributed by atoms with Crippen molar-refractivity contribution in [2.24, 2.45) is 5.73 Å². The van der Waals surface area contributed by atoms with Crippen LogP contribution in [0.2, 0.25) is 0 Å². The summed E-state index contributed by atoms with van der Waals surface area (Å²) in [5, 5.41) is 9.13. The zero-order valence-electron chi connectivity index (χ0n) is 8.73. The Balaban J connectivity index is 1.89. The molecule has 1 aliphatic carbocycles. The molecule has 0 atom stereocenters. The van der Waals surface area contributed by atoms with Crippen molar-refractivity contribution in [3.63, 3.8) is 0 Å². The molecule has 0 aliphatic heterocycles. The average Bonchev–Trinajstić information content (AvgIpc) is 2.25. The molecule has 0 spiro atoms. The largest absolute Gasteiger partial charge is 0.508 e. The van der Waals surface area contributed by atoms with E-state index < -0.39 is 0 Å². The minimum atomic E-state index is 0.271. The molecule has 1 aromatic rings. The predicted octanol–water partition coefficient (Wildman–Crippen LogP) is 2.04. The number of hydrogen-bond acceptors (Lipinski definition) is 3. The van der Waals surface area contributed by atoms with Crippen LogP contribution in [0.25, 0.3) is 0 Å². The molecule has 0 radical (unpaired) electrons. The van der Waals surface area contributed by atoms with Gasteiger partial charge in [0.05, 0.1) is 6.10 Å². The van der Waals surface area contributed by atoms with E-state index in [4.69, 9.17) is 15.6 Å². The molecular weight excluding hydrogens is 190 g/mol. The maximum atomic E-state index is 9.13. The average molecular weight is 207 g/mol. The zero-order valence-corrected chi connectivity index (χ0v) is 8.73. The fourth-order valence-electron chi connectivity index (χ4n) is 1.92. The first-order valence-electron chi connectivity index (χ1n) is 5.45. The van der Waals surface area contributed by atoms with Crippen LogP contribution >= 0.6 is 0 Å². The highest BCUT2D eigenvalue weighted by Crippen LogP contribution is 2.24. The number of aromatic hydroxyl groups is 1. The fraction of sp³-hybridized carbons (Fsp3) is 0.500. The molecule has 15 heavy (non-hydrogen) atoms. The van der Waals surface area contributed by atoms with E-state index in [0.717, 1.165) is 31.4 Å². The molecule has 3 heteroatoms. The van der Waals surface area contributed by atoms with Gasteiger partial charge in [0.15, 0.2) is 0 Å². The van der Waals surface area contributed by atoms with Crippen molar-refractivity contribution in [2.45, 2.75) is 37.8 Å². The Morgan fingerprint density at radius 3 is 2.27 bits per heavy atom. The first-order chi connectivity index (χ1) is 7.24. The minimum absolute atomic E-state index is 0.271. The van der Waals surface area contributed by atoms with Crippen LogP contribution in [0.3, 0.4) is 0 Å². The van der Waals surface area contributed by atoms with E-state index in [2.05, 4.69) is 0 Å². The molecule has 1 saturated carbocycles. The first-order valence-corrected chi connectivity index (χ1v) is 5.45. The number of phenolic OH excluding ortho intramolecular Hbond substituents is 1. The van der Waals surface area contributed by atoms with Crippen molar-refractivity contribution in [3.05, 3.63) is 24.3 Å². The Bertz CT molecular complexity index is 302. The number of ether oxygens (including phenoxy) is 1. The first kappa shape index (κ1) is 10.3. The van der Waals surface area contributed by atoms with Crippen molar-refractivity contribution >= 4 is 0 Å². The van der Waals surface area contributed by atoms with E-state index in [-0.39, 0.29) is 11.9 Å². The highest BCUT2D eigenvalue weighted by molar-refractivity contribution is 5.30. The highest BCUT2D eigenvalue weighted by Gasteiger charge is 2.19. The molecule has 3 nitrogen and oxygen atoms in total. The van der Waals surface area contributed by atoms with Gasteiger partial charge in [-0.05, 0) is 49.9 Å². The Kier molecular flexibility index (Phi) is 3.11. The van der Waals surface area contributed by atoms with Crippen LogP contribution in [-0.4, -0.2) is 17.3 Å². The van der Waals surface area contributed by atoms with Crippen molar-refractivity contribution in [2.75, 3.05) is 0 Å². The molecular formula is C12H17NO2. The van der Waals surface area contributed by atoms with E-state index in [9.17, 15) is 0 Å². The van der Waals surface area contributed by atoms with Gasteiger partial charge in [0.2, 0.25) is 0 Å². The number of phenols is 1. The summed E-state index contributed by atoms with van der Waals surface area (Å²) in [6.07, 6.45) is 4.43. The fourth-order valence-corrected chi connectivity index (χ4v) is 1.92. The number of hydrogen-bond donors (Lipinski definition) is 2. The van der Waals surface area contributed by atoms with Crippen LogP contribution in [0.15, 0.2) is 24.3 Å². The van der Waals surface area contributed by atoms with Gasteiger partial charge in [0.25, 0.3) is 0 Å². The molecule has 1 aliphatic rings. The molecule has 82 valence electrons. The Morgan fingerprint density at radius 1 is 1.07 bits per heavy atom. The molecule has 1 aromatic carbocycles. The highest BCUT2D eigenvalue weighted by atomic mass is 16.5. The monoisotopic (exact) mass is 207 g/mol. The zero-order chi connectivity index (χ0) is 10.7. The van der Waals surface area contributed by atoms with Crippen LogP contribution in [0.1, 0.15) is 25.7 Å². The van der Waals surface area contributed by atoms with Gasteiger partial charge in [-0.1, -0.05) is 0 Å². The Morgan fingerprint density at radius 2 is 1.67 bits per heavy atom. The van der Waals surface area contributed by atoms with Gasteiger partial charge in [0, 0.05) is 6.04 Å². The molecule has 0 bridgehead atoms. The van der Waals surface area contributed by atoms with Crippen molar-refractivity contribution < 1.29 is 9.84 Å². The summed E-state index contributed by atoms with van der Waals surface area (Å²) in [7, 11) is 0. The van der Waals surface area contributed by atoms with Gasteiger partial charge in [-0.2, -0.15) is 0 Å². The topological polar surface area (TPSA) is 55.5 Å². The van der Waals surface area contributed by atoms with Crippen LogP contribution in [-0.2, 0) is 0 Å². The second kappa shape index (κ2) is 4.53. The third-order valence-corrected chi connectivity index (χ3v) is 2.86. The normalized spacial score (nSPS) is 26.2. The third-order valence-electron chi connectivity index (χ3n) is 2.86. The molecule has 3 N–H and O–H groups in total. The lowest BCUT2D eigenvalue weighted by Crippen LogP contribution is -2.31. The maximum absolute atomic E-state index is 9.13.